The molecule has 0 rings (SSSR count). The summed E-state index contributed by atoms with van der Waals surface area (Å²) in [6.07, 6.45) is 0.692. The number of hydrogen-bond donors (Lipinski definition) is 1. The fraction of sp³-hybridized carbons (Fsp3) is 0.786. The van der Waals surface area contributed by atoms with Gasteiger partial charge in [-0.1, -0.05) is 6.92 Å². The summed E-state index contributed by atoms with van der Waals surface area (Å²) in [5.41, 5.74) is 4.32. The van der Waals surface area contributed by atoms with Gasteiger partial charge in [0.2, 0.25) is 0 Å². The molecule has 0 fully saturated rings. The Morgan fingerprint density at radius 2 is 1.64 bits per heavy atom. The summed E-state index contributed by atoms with van der Waals surface area (Å²) in [5.74, 6) is -1.55. The summed E-state index contributed by atoms with van der Waals surface area (Å²) >= 11 is 0. The topological polar surface area (TPSA) is 114 Å². The number of primary amides is 1. The van der Waals surface area contributed by atoms with Crippen molar-refractivity contribution in [1.29, 1.82) is 0 Å². The summed E-state index contributed by atoms with van der Waals surface area (Å²) in [6, 6.07) is 0. The molecule has 1 amide bonds. The van der Waals surface area contributed by atoms with Crippen LogP contribution in [0.4, 0.5) is 0 Å². The third kappa shape index (κ3) is 10.1. The van der Waals surface area contributed by atoms with Crippen molar-refractivity contribution in [3.8, 4) is 0 Å². The first-order valence-electron chi connectivity index (χ1n) is 7.06. The Kier molecular flexibility index (Phi) is 10.1. The summed E-state index contributed by atoms with van der Waals surface area (Å²) < 4.78 is 19.7. The van der Waals surface area contributed by atoms with Gasteiger partial charge in [0.05, 0.1) is 25.0 Å². The molecule has 8 heteroatoms. The maximum absolute atomic E-state index is 11.6. The zero-order valence-electron chi connectivity index (χ0n) is 13.4. The molecular formula is C14H25NO7. The van der Waals surface area contributed by atoms with E-state index >= 15 is 0 Å². The van der Waals surface area contributed by atoms with Crippen molar-refractivity contribution in [3.05, 3.63) is 0 Å². The molecule has 0 heterocycles. The Balaban J connectivity index is 3.46. The maximum Gasteiger partial charge on any atom is 0.311 e. The number of esters is 2. The number of amides is 1. The van der Waals surface area contributed by atoms with Crippen LogP contribution in [0, 0.1) is 5.41 Å². The van der Waals surface area contributed by atoms with Crippen molar-refractivity contribution < 1.29 is 33.3 Å². The minimum absolute atomic E-state index is 0.00366. The second-order valence-electron chi connectivity index (χ2n) is 5.18. The van der Waals surface area contributed by atoms with E-state index in [1.54, 1.807) is 0 Å². The smallest absolute Gasteiger partial charge is 0.311 e. The van der Waals surface area contributed by atoms with Crippen molar-refractivity contribution in [2.75, 3.05) is 33.2 Å². The van der Waals surface area contributed by atoms with Crippen LogP contribution in [0.25, 0.3) is 0 Å². The van der Waals surface area contributed by atoms with Gasteiger partial charge in [-0.25, -0.2) is 0 Å². The van der Waals surface area contributed by atoms with Crippen molar-refractivity contribution >= 4 is 17.8 Å². The Hall–Kier alpha value is -1.67. The van der Waals surface area contributed by atoms with Crippen LogP contribution in [0.2, 0.25) is 0 Å². The highest BCUT2D eigenvalue weighted by Gasteiger charge is 2.26. The molecule has 22 heavy (non-hydrogen) atoms. The molecular weight excluding hydrogens is 294 g/mol. The maximum atomic E-state index is 11.6. The van der Waals surface area contributed by atoms with Gasteiger partial charge in [0.1, 0.15) is 13.4 Å². The molecule has 8 nitrogen and oxygen atoms in total. The number of rotatable bonds is 12. The van der Waals surface area contributed by atoms with Crippen LogP contribution >= 0.6 is 0 Å². The summed E-state index contributed by atoms with van der Waals surface area (Å²) in [7, 11) is 0. The van der Waals surface area contributed by atoms with E-state index in [-0.39, 0.29) is 39.0 Å². The van der Waals surface area contributed by atoms with Crippen LogP contribution in [-0.2, 0) is 33.3 Å². The van der Waals surface area contributed by atoms with Crippen LogP contribution in [0.3, 0.4) is 0 Å². The molecule has 0 saturated carbocycles. The predicted molar refractivity (Wildman–Crippen MR) is 76.6 cm³/mol. The molecule has 0 saturated heterocycles. The van der Waals surface area contributed by atoms with Crippen molar-refractivity contribution in [3.63, 3.8) is 0 Å². The van der Waals surface area contributed by atoms with Crippen LogP contribution in [0.15, 0.2) is 0 Å². The third-order valence-electron chi connectivity index (χ3n) is 2.89. The number of ether oxygens (including phenoxy) is 4. The fourth-order valence-electron chi connectivity index (χ4n) is 1.09. The average molecular weight is 319 g/mol. The number of nitrogens with two attached hydrogens (primary N) is 1. The molecule has 0 aliphatic heterocycles. The average Bonchev–Trinajstić information content (AvgIpc) is 2.47. The lowest BCUT2D eigenvalue weighted by Gasteiger charge is -2.20. The molecule has 0 radical (unpaired) electrons. The number of carbonyl (C=O) groups excluding carboxylic acids is 3. The minimum atomic E-state index is -0.710. The molecule has 2 N–H and O–H groups in total. The largest absolute Gasteiger partial charge is 0.463 e. The molecule has 128 valence electrons. The zero-order chi connectivity index (χ0) is 17.0. The van der Waals surface area contributed by atoms with Crippen LogP contribution < -0.4 is 5.73 Å². The highest BCUT2D eigenvalue weighted by Crippen LogP contribution is 2.21. The van der Waals surface area contributed by atoms with Gasteiger partial charge in [-0.15, -0.1) is 0 Å². The lowest BCUT2D eigenvalue weighted by atomic mass is 9.91. The quantitative estimate of drug-likeness (QED) is 0.314. The normalized spacial score (nSPS) is 11.0. The third-order valence-corrected chi connectivity index (χ3v) is 2.89. The summed E-state index contributed by atoms with van der Waals surface area (Å²) in [6.45, 7) is 5.53. The number of carbonyl (C=O) groups is 3. The molecule has 0 spiro atoms. The zero-order valence-corrected chi connectivity index (χ0v) is 13.4. The van der Waals surface area contributed by atoms with E-state index in [9.17, 15) is 14.4 Å². The van der Waals surface area contributed by atoms with Crippen molar-refractivity contribution in [2.45, 2.75) is 33.6 Å². The predicted octanol–water partition coefficient (Wildman–Crippen LogP) is 0.375. The Bertz CT molecular complexity index is 368. The first-order valence-corrected chi connectivity index (χ1v) is 7.06. The molecule has 0 unspecified atom stereocenters. The first-order chi connectivity index (χ1) is 10.3. The van der Waals surface area contributed by atoms with E-state index in [1.165, 1.54) is 0 Å². The van der Waals surface area contributed by atoms with Gasteiger partial charge >= 0.3 is 11.9 Å². The van der Waals surface area contributed by atoms with E-state index in [4.69, 9.17) is 19.9 Å². The van der Waals surface area contributed by atoms with Crippen molar-refractivity contribution in [2.24, 2.45) is 11.1 Å². The molecule has 0 aliphatic carbocycles. The fourth-order valence-corrected chi connectivity index (χ4v) is 1.09. The molecule has 0 atom stereocenters. The molecule has 0 aromatic rings. The standard InChI is InChI=1S/C14H25NO7/c1-4-14(2,3)13(18)21-8-7-20-10-19-6-5-12(17)22-9-11(15)16/h4-10H2,1-3H3,(H2,15,16). The molecule has 0 aromatic heterocycles. The highest BCUT2D eigenvalue weighted by molar-refractivity contribution is 5.79. The Morgan fingerprint density at radius 3 is 2.23 bits per heavy atom. The lowest BCUT2D eigenvalue weighted by molar-refractivity contribution is -0.158. The van der Waals surface area contributed by atoms with Gasteiger partial charge in [0.25, 0.3) is 5.91 Å². The second-order valence-corrected chi connectivity index (χ2v) is 5.18. The SMILES string of the molecule is CCC(C)(C)C(=O)OCCOCOCCC(=O)OCC(N)=O. The lowest BCUT2D eigenvalue weighted by Crippen LogP contribution is -2.27. The van der Waals surface area contributed by atoms with Crippen LogP contribution in [0.5, 0.6) is 0 Å². The monoisotopic (exact) mass is 319 g/mol. The van der Waals surface area contributed by atoms with Gasteiger partial charge < -0.3 is 24.7 Å². The van der Waals surface area contributed by atoms with Gasteiger partial charge in [0.15, 0.2) is 6.61 Å². The van der Waals surface area contributed by atoms with E-state index in [2.05, 4.69) is 4.74 Å². The molecule has 0 aromatic carbocycles. The van der Waals surface area contributed by atoms with Crippen molar-refractivity contribution in [1.82, 2.24) is 0 Å². The van der Waals surface area contributed by atoms with E-state index < -0.39 is 23.9 Å². The van der Waals surface area contributed by atoms with E-state index in [1.807, 2.05) is 20.8 Å². The van der Waals surface area contributed by atoms with Crippen LogP contribution in [0.1, 0.15) is 33.6 Å². The van der Waals surface area contributed by atoms with E-state index in [0.29, 0.717) is 6.42 Å². The minimum Gasteiger partial charge on any atom is -0.463 e. The van der Waals surface area contributed by atoms with Gasteiger partial charge in [0, 0.05) is 0 Å². The molecule has 0 bridgehead atoms. The Morgan fingerprint density at radius 1 is 1.00 bits per heavy atom. The van der Waals surface area contributed by atoms with E-state index in [0.717, 1.165) is 0 Å². The van der Waals surface area contributed by atoms with Gasteiger partial charge in [-0.2, -0.15) is 0 Å². The van der Waals surface area contributed by atoms with Gasteiger partial charge in [-0.3, -0.25) is 14.4 Å². The highest BCUT2D eigenvalue weighted by atomic mass is 16.7. The molecule has 0 aliphatic rings. The summed E-state index contributed by atoms with van der Waals surface area (Å²) in [4.78, 5) is 33.1. The first kappa shape index (κ1) is 20.3. The second kappa shape index (κ2) is 11.0. The summed E-state index contributed by atoms with van der Waals surface area (Å²) in [5, 5.41) is 0. The number of hydrogen-bond acceptors (Lipinski definition) is 7. The van der Waals surface area contributed by atoms with Gasteiger partial charge in [-0.05, 0) is 20.3 Å². The Labute approximate surface area is 130 Å². The van der Waals surface area contributed by atoms with Crippen LogP contribution in [-0.4, -0.2) is 51.1 Å².